The molecule has 0 radical (unpaired) electrons. The summed E-state index contributed by atoms with van der Waals surface area (Å²) in [5, 5.41) is 3.77. The second kappa shape index (κ2) is 8.42. The Balaban J connectivity index is 2.08. The van der Waals surface area contributed by atoms with Gasteiger partial charge < -0.3 is 10.2 Å². The van der Waals surface area contributed by atoms with E-state index < -0.39 is 0 Å². The number of hydrogen-bond donors (Lipinski definition) is 1. The van der Waals surface area contributed by atoms with Gasteiger partial charge in [0, 0.05) is 34.6 Å². The maximum Gasteiger partial charge on any atom is 0.0340 e. The van der Waals surface area contributed by atoms with Gasteiger partial charge >= 0.3 is 0 Å². The SMILES string of the molecule is CCCNC(Cc1ccccc1Br)C1CSCCN1C. The predicted octanol–water partition coefficient (Wildman–Crippen LogP) is 3.41. The van der Waals surface area contributed by atoms with Crippen LogP contribution in [0.25, 0.3) is 0 Å². The predicted molar refractivity (Wildman–Crippen MR) is 93.7 cm³/mol. The smallest absolute Gasteiger partial charge is 0.0340 e. The van der Waals surface area contributed by atoms with E-state index in [1.165, 1.54) is 34.5 Å². The summed E-state index contributed by atoms with van der Waals surface area (Å²) in [5.41, 5.74) is 1.41. The Hall–Kier alpha value is -0.0300. The zero-order valence-electron chi connectivity index (χ0n) is 12.4. The van der Waals surface area contributed by atoms with Gasteiger partial charge in [0.2, 0.25) is 0 Å². The summed E-state index contributed by atoms with van der Waals surface area (Å²) in [7, 11) is 2.27. The first kappa shape index (κ1) is 16.3. The van der Waals surface area contributed by atoms with E-state index in [-0.39, 0.29) is 0 Å². The molecule has 0 aliphatic carbocycles. The molecule has 1 aromatic rings. The van der Waals surface area contributed by atoms with E-state index in [1.54, 1.807) is 0 Å². The fourth-order valence-electron chi connectivity index (χ4n) is 2.70. The van der Waals surface area contributed by atoms with Gasteiger partial charge in [-0.2, -0.15) is 11.8 Å². The molecule has 1 aliphatic rings. The highest BCUT2D eigenvalue weighted by atomic mass is 79.9. The molecule has 2 rings (SSSR count). The summed E-state index contributed by atoms with van der Waals surface area (Å²) >= 11 is 5.78. The lowest BCUT2D eigenvalue weighted by Crippen LogP contribution is -2.53. The molecule has 1 N–H and O–H groups in total. The number of nitrogens with one attached hydrogen (secondary N) is 1. The monoisotopic (exact) mass is 356 g/mol. The Bertz CT molecular complexity index is 413. The number of thioether (sulfide) groups is 1. The van der Waals surface area contributed by atoms with Crippen LogP contribution in [-0.2, 0) is 6.42 Å². The van der Waals surface area contributed by atoms with E-state index in [2.05, 4.69) is 76.1 Å². The second-order valence-corrected chi connectivity index (χ2v) is 7.48. The molecule has 0 aromatic heterocycles. The van der Waals surface area contributed by atoms with E-state index in [0.29, 0.717) is 12.1 Å². The van der Waals surface area contributed by atoms with Crippen molar-refractivity contribution in [1.82, 2.24) is 10.2 Å². The van der Waals surface area contributed by atoms with Crippen LogP contribution in [0.3, 0.4) is 0 Å². The molecule has 1 fully saturated rings. The summed E-state index contributed by atoms with van der Waals surface area (Å²) in [6, 6.07) is 9.77. The Morgan fingerprint density at radius 3 is 2.95 bits per heavy atom. The second-order valence-electron chi connectivity index (χ2n) is 5.48. The van der Waals surface area contributed by atoms with Gasteiger partial charge in [-0.1, -0.05) is 41.1 Å². The van der Waals surface area contributed by atoms with E-state index in [1.807, 2.05) is 0 Å². The molecule has 1 aromatic carbocycles. The maximum absolute atomic E-state index is 3.77. The van der Waals surface area contributed by atoms with Crippen LogP contribution in [-0.4, -0.2) is 48.6 Å². The third-order valence-corrected chi connectivity index (χ3v) is 5.78. The Morgan fingerprint density at radius 1 is 1.45 bits per heavy atom. The molecule has 0 amide bonds. The van der Waals surface area contributed by atoms with Gasteiger partial charge in [0.1, 0.15) is 0 Å². The van der Waals surface area contributed by atoms with E-state index in [4.69, 9.17) is 0 Å². The van der Waals surface area contributed by atoms with Gasteiger partial charge in [-0.3, -0.25) is 0 Å². The Kier molecular flexibility index (Phi) is 6.88. The zero-order valence-corrected chi connectivity index (χ0v) is 14.8. The van der Waals surface area contributed by atoms with Crippen molar-refractivity contribution < 1.29 is 0 Å². The van der Waals surface area contributed by atoms with Gasteiger partial charge in [0.05, 0.1) is 0 Å². The highest BCUT2D eigenvalue weighted by molar-refractivity contribution is 9.10. The molecule has 2 nitrogen and oxygen atoms in total. The third kappa shape index (κ3) is 4.48. The van der Waals surface area contributed by atoms with Crippen LogP contribution in [0.15, 0.2) is 28.7 Å². The molecule has 1 saturated heterocycles. The van der Waals surface area contributed by atoms with E-state index >= 15 is 0 Å². The summed E-state index contributed by atoms with van der Waals surface area (Å²) in [5.74, 6) is 2.50. The van der Waals surface area contributed by atoms with Gasteiger partial charge in [-0.25, -0.2) is 0 Å². The van der Waals surface area contributed by atoms with Crippen LogP contribution in [0.2, 0.25) is 0 Å². The molecule has 0 bridgehead atoms. The van der Waals surface area contributed by atoms with Gasteiger partial charge in [0.15, 0.2) is 0 Å². The first-order valence-electron chi connectivity index (χ1n) is 7.47. The average Bonchev–Trinajstić information content (AvgIpc) is 2.46. The zero-order chi connectivity index (χ0) is 14.4. The summed E-state index contributed by atoms with van der Waals surface area (Å²) in [4.78, 5) is 2.53. The largest absolute Gasteiger partial charge is 0.312 e. The normalized spacial score (nSPS) is 21.9. The lowest BCUT2D eigenvalue weighted by molar-refractivity contribution is 0.213. The quantitative estimate of drug-likeness (QED) is 0.840. The molecule has 2 unspecified atom stereocenters. The van der Waals surface area contributed by atoms with Crippen molar-refractivity contribution in [2.75, 3.05) is 31.6 Å². The molecule has 0 saturated carbocycles. The number of nitrogens with zero attached hydrogens (tertiary/aromatic N) is 1. The molecular formula is C16H25BrN2S. The van der Waals surface area contributed by atoms with Crippen molar-refractivity contribution in [2.24, 2.45) is 0 Å². The third-order valence-electron chi connectivity index (χ3n) is 3.96. The number of rotatable bonds is 6. The van der Waals surface area contributed by atoms with Crippen molar-refractivity contribution in [3.63, 3.8) is 0 Å². The molecule has 20 heavy (non-hydrogen) atoms. The lowest BCUT2D eigenvalue weighted by atomic mass is 9.99. The van der Waals surface area contributed by atoms with Crippen LogP contribution in [0.4, 0.5) is 0 Å². The van der Waals surface area contributed by atoms with Crippen LogP contribution in [0.1, 0.15) is 18.9 Å². The topological polar surface area (TPSA) is 15.3 Å². The minimum atomic E-state index is 0.534. The van der Waals surface area contributed by atoms with Crippen molar-refractivity contribution in [1.29, 1.82) is 0 Å². The number of halogens is 1. The fraction of sp³-hybridized carbons (Fsp3) is 0.625. The molecule has 1 heterocycles. The van der Waals surface area contributed by atoms with Crippen molar-refractivity contribution in [2.45, 2.75) is 31.8 Å². The average molecular weight is 357 g/mol. The van der Waals surface area contributed by atoms with Crippen LogP contribution >= 0.6 is 27.7 Å². The van der Waals surface area contributed by atoms with E-state index in [0.717, 1.165) is 13.0 Å². The fourth-order valence-corrected chi connectivity index (χ4v) is 4.46. The Morgan fingerprint density at radius 2 is 2.25 bits per heavy atom. The molecule has 2 atom stereocenters. The summed E-state index contributed by atoms with van der Waals surface area (Å²) in [6.07, 6.45) is 2.28. The highest BCUT2D eigenvalue weighted by Crippen LogP contribution is 2.23. The standard InChI is InChI=1S/C16H25BrN2S/c1-3-8-18-15(16-12-20-10-9-19(16)2)11-13-6-4-5-7-14(13)17/h4-7,15-16,18H,3,8-12H2,1-2H3. The number of hydrogen-bond acceptors (Lipinski definition) is 3. The highest BCUT2D eigenvalue weighted by Gasteiger charge is 2.28. The van der Waals surface area contributed by atoms with Crippen molar-refractivity contribution in [3.05, 3.63) is 34.3 Å². The minimum absolute atomic E-state index is 0.534. The summed E-state index contributed by atoms with van der Waals surface area (Å²) < 4.78 is 1.23. The van der Waals surface area contributed by atoms with Crippen molar-refractivity contribution in [3.8, 4) is 0 Å². The van der Waals surface area contributed by atoms with E-state index in [9.17, 15) is 0 Å². The first-order valence-corrected chi connectivity index (χ1v) is 9.42. The number of benzene rings is 1. The molecule has 4 heteroatoms. The van der Waals surface area contributed by atoms with Crippen LogP contribution in [0.5, 0.6) is 0 Å². The molecule has 1 aliphatic heterocycles. The van der Waals surface area contributed by atoms with Gasteiger partial charge in [0.25, 0.3) is 0 Å². The molecular weight excluding hydrogens is 332 g/mol. The maximum atomic E-state index is 3.77. The molecule has 112 valence electrons. The summed E-state index contributed by atoms with van der Waals surface area (Å²) in [6.45, 7) is 4.54. The lowest BCUT2D eigenvalue weighted by Gasteiger charge is -2.38. The van der Waals surface area contributed by atoms with Crippen LogP contribution < -0.4 is 5.32 Å². The van der Waals surface area contributed by atoms with Gasteiger partial charge in [-0.05, 0) is 38.1 Å². The minimum Gasteiger partial charge on any atom is -0.312 e. The number of likely N-dealkylation sites (N-methyl/N-ethyl adjacent to an activating group) is 1. The Labute approximate surface area is 135 Å². The van der Waals surface area contributed by atoms with Gasteiger partial charge in [-0.15, -0.1) is 0 Å². The van der Waals surface area contributed by atoms with Crippen LogP contribution in [0, 0.1) is 0 Å². The first-order chi connectivity index (χ1) is 9.72. The van der Waals surface area contributed by atoms with Crippen molar-refractivity contribution >= 4 is 27.7 Å². The molecule has 0 spiro atoms.